The summed E-state index contributed by atoms with van der Waals surface area (Å²) in [6.07, 6.45) is 4.30. The molecule has 1 aliphatic heterocycles. The molecule has 1 unspecified atom stereocenters. The Balaban J connectivity index is 2.70. The van der Waals surface area contributed by atoms with E-state index in [-0.39, 0.29) is 17.5 Å². The van der Waals surface area contributed by atoms with Crippen molar-refractivity contribution in [1.82, 2.24) is 4.90 Å². The van der Waals surface area contributed by atoms with E-state index in [1.165, 1.54) is 0 Å². The van der Waals surface area contributed by atoms with Crippen LogP contribution in [-0.2, 0) is 4.79 Å². The third-order valence-corrected chi connectivity index (χ3v) is 3.22. The first-order valence-electron chi connectivity index (χ1n) is 5.55. The zero-order chi connectivity index (χ0) is 10.8. The van der Waals surface area contributed by atoms with Crippen molar-refractivity contribution in [3.63, 3.8) is 0 Å². The molecule has 1 rings (SSSR count). The Labute approximate surface area is 86.6 Å². The van der Waals surface area contributed by atoms with Gasteiger partial charge in [-0.05, 0) is 39.7 Å². The molecular formula is C11H22N2O. The van der Waals surface area contributed by atoms with E-state index < -0.39 is 0 Å². The second-order valence-electron chi connectivity index (χ2n) is 4.82. The minimum Gasteiger partial charge on any atom is -0.368 e. The van der Waals surface area contributed by atoms with Crippen molar-refractivity contribution in [3.05, 3.63) is 0 Å². The van der Waals surface area contributed by atoms with E-state index in [4.69, 9.17) is 5.73 Å². The number of likely N-dealkylation sites (tertiary alicyclic amines) is 1. The van der Waals surface area contributed by atoms with Crippen molar-refractivity contribution in [3.8, 4) is 0 Å². The minimum absolute atomic E-state index is 0.0310. The van der Waals surface area contributed by atoms with Crippen molar-refractivity contribution in [2.75, 3.05) is 6.54 Å². The summed E-state index contributed by atoms with van der Waals surface area (Å²) in [5, 5.41) is 0. The molecule has 1 heterocycles. The normalized spacial score (nSPS) is 24.1. The van der Waals surface area contributed by atoms with E-state index in [1.807, 2.05) is 0 Å². The van der Waals surface area contributed by atoms with Gasteiger partial charge in [0.1, 0.15) is 0 Å². The fourth-order valence-electron chi connectivity index (χ4n) is 2.54. The average molecular weight is 198 g/mol. The maximum absolute atomic E-state index is 11.2. The molecule has 1 aliphatic rings. The zero-order valence-corrected chi connectivity index (χ0v) is 9.55. The van der Waals surface area contributed by atoms with Crippen LogP contribution in [-0.4, -0.2) is 28.9 Å². The Morgan fingerprint density at radius 1 is 1.57 bits per heavy atom. The summed E-state index contributed by atoms with van der Waals surface area (Å²) in [5.74, 6) is -0.160. The molecule has 0 aromatic heterocycles. The maximum Gasteiger partial charge on any atom is 0.234 e. The Bertz CT molecular complexity index is 213. The lowest BCUT2D eigenvalue weighted by Crippen LogP contribution is -2.51. The van der Waals surface area contributed by atoms with E-state index in [1.54, 1.807) is 0 Å². The van der Waals surface area contributed by atoms with Crippen molar-refractivity contribution < 1.29 is 4.79 Å². The highest BCUT2D eigenvalue weighted by Crippen LogP contribution is 2.29. The molecule has 3 nitrogen and oxygen atoms in total. The quantitative estimate of drug-likeness (QED) is 0.744. The first-order valence-corrected chi connectivity index (χ1v) is 5.55. The molecule has 3 heteroatoms. The van der Waals surface area contributed by atoms with Crippen LogP contribution in [0.4, 0.5) is 0 Å². The summed E-state index contributed by atoms with van der Waals surface area (Å²) in [4.78, 5) is 13.5. The van der Waals surface area contributed by atoms with E-state index in [2.05, 4.69) is 25.7 Å². The summed E-state index contributed by atoms with van der Waals surface area (Å²) in [6.45, 7) is 7.60. The number of primary amides is 1. The molecule has 1 amide bonds. The molecule has 14 heavy (non-hydrogen) atoms. The maximum atomic E-state index is 11.2. The molecular weight excluding hydrogens is 176 g/mol. The summed E-state index contributed by atoms with van der Waals surface area (Å²) >= 11 is 0. The summed E-state index contributed by atoms with van der Waals surface area (Å²) < 4.78 is 0. The van der Waals surface area contributed by atoms with Gasteiger partial charge >= 0.3 is 0 Å². The van der Waals surface area contributed by atoms with Gasteiger partial charge in [-0.1, -0.05) is 13.3 Å². The Morgan fingerprint density at radius 2 is 2.21 bits per heavy atom. The van der Waals surface area contributed by atoms with Gasteiger partial charge in [0.2, 0.25) is 5.91 Å². The van der Waals surface area contributed by atoms with Crippen molar-refractivity contribution >= 4 is 5.91 Å². The number of hydrogen-bond acceptors (Lipinski definition) is 2. The third-order valence-electron chi connectivity index (χ3n) is 3.22. The third kappa shape index (κ3) is 2.27. The van der Waals surface area contributed by atoms with Crippen LogP contribution in [0.1, 0.15) is 46.5 Å². The number of hydrogen-bond donors (Lipinski definition) is 1. The second-order valence-corrected chi connectivity index (χ2v) is 4.82. The minimum atomic E-state index is -0.160. The van der Waals surface area contributed by atoms with Crippen molar-refractivity contribution in [2.24, 2.45) is 5.73 Å². The van der Waals surface area contributed by atoms with Gasteiger partial charge in [-0.2, -0.15) is 0 Å². The van der Waals surface area contributed by atoms with Crippen LogP contribution < -0.4 is 5.73 Å². The molecule has 0 saturated carbocycles. The van der Waals surface area contributed by atoms with Gasteiger partial charge in [-0.3, -0.25) is 9.69 Å². The van der Waals surface area contributed by atoms with Gasteiger partial charge in [0.15, 0.2) is 0 Å². The van der Waals surface area contributed by atoms with Crippen LogP contribution >= 0.6 is 0 Å². The molecule has 0 bridgehead atoms. The van der Waals surface area contributed by atoms with Crippen LogP contribution in [0.25, 0.3) is 0 Å². The fraction of sp³-hybridized carbons (Fsp3) is 0.909. The van der Waals surface area contributed by atoms with Crippen LogP contribution in [0.5, 0.6) is 0 Å². The van der Waals surface area contributed by atoms with Crippen LogP contribution in [0.3, 0.4) is 0 Å². The lowest BCUT2D eigenvalue weighted by molar-refractivity contribution is -0.124. The van der Waals surface area contributed by atoms with E-state index >= 15 is 0 Å². The van der Waals surface area contributed by atoms with Crippen LogP contribution in [0.2, 0.25) is 0 Å². The van der Waals surface area contributed by atoms with Gasteiger partial charge in [-0.25, -0.2) is 0 Å². The molecule has 1 saturated heterocycles. The SMILES string of the molecule is CCCC(C)(C)N1CCCC1C(N)=O. The smallest absolute Gasteiger partial charge is 0.234 e. The predicted octanol–water partition coefficient (Wildman–Crippen LogP) is 1.51. The zero-order valence-electron chi connectivity index (χ0n) is 9.55. The van der Waals surface area contributed by atoms with Gasteiger partial charge < -0.3 is 5.73 Å². The molecule has 0 spiro atoms. The molecule has 1 fully saturated rings. The first kappa shape index (κ1) is 11.5. The number of carbonyl (C=O) groups excluding carboxylic acids is 1. The average Bonchev–Trinajstić information content (AvgIpc) is 2.51. The van der Waals surface area contributed by atoms with E-state index in [0.717, 1.165) is 32.2 Å². The monoisotopic (exact) mass is 198 g/mol. The lowest BCUT2D eigenvalue weighted by Gasteiger charge is -2.38. The van der Waals surface area contributed by atoms with Gasteiger partial charge in [0.05, 0.1) is 6.04 Å². The number of nitrogens with two attached hydrogens (primary N) is 1. The van der Waals surface area contributed by atoms with Crippen molar-refractivity contribution in [2.45, 2.75) is 58.0 Å². The van der Waals surface area contributed by atoms with Gasteiger partial charge in [0, 0.05) is 5.54 Å². The molecule has 0 aromatic carbocycles. The lowest BCUT2D eigenvalue weighted by atomic mass is 9.95. The number of carbonyl (C=O) groups is 1. The highest BCUT2D eigenvalue weighted by Gasteiger charge is 2.37. The first-order chi connectivity index (χ1) is 6.49. The summed E-state index contributed by atoms with van der Waals surface area (Å²) in [5.41, 5.74) is 5.52. The highest BCUT2D eigenvalue weighted by molar-refractivity contribution is 5.80. The van der Waals surface area contributed by atoms with Gasteiger partial charge in [-0.15, -0.1) is 0 Å². The van der Waals surface area contributed by atoms with E-state index in [9.17, 15) is 4.79 Å². The molecule has 0 aromatic rings. The standard InChI is InChI=1S/C11H22N2O/c1-4-7-11(2,3)13-8-5-6-9(13)10(12)14/h9H,4-8H2,1-3H3,(H2,12,14). The van der Waals surface area contributed by atoms with Crippen LogP contribution in [0, 0.1) is 0 Å². The second kappa shape index (κ2) is 4.30. The topological polar surface area (TPSA) is 46.3 Å². The Morgan fingerprint density at radius 3 is 2.71 bits per heavy atom. The van der Waals surface area contributed by atoms with Gasteiger partial charge in [0.25, 0.3) is 0 Å². The molecule has 82 valence electrons. The van der Waals surface area contributed by atoms with Crippen LogP contribution in [0.15, 0.2) is 0 Å². The molecule has 2 N–H and O–H groups in total. The highest BCUT2D eigenvalue weighted by atomic mass is 16.1. The molecule has 1 atom stereocenters. The summed E-state index contributed by atoms with van der Waals surface area (Å²) in [7, 11) is 0. The predicted molar refractivity (Wildman–Crippen MR) is 57.9 cm³/mol. The fourth-order valence-corrected chi connectivity index (χ4v) is 2.54. The number of nitrogens with zero attached hydrogens (tertiary/aromatic N) is 1. The molecule has 0 aliphatic carbocycles. The molecule has 0 radical (unpaired) electrons. The summed E-state index contributed by atoms with van der Waals surface area (Å²) in [6, 6.07) is -0.0310. The Hall–Kier alpha value is -0.570. The van der Waals surface area contributed by atoms with E-state index in [0.29, 0.717) is 0 Å². The largest absolute Gasteiger partial charge is 0.368 e. The number of amides is 1. The number of rotatable bonds is 4. The van der Waals surface area contributed by atoms with Crippen molar-refractivity contribution in [1.29, 1.82) is 0 Å². The Kier molecular flexibility index (Phi) is 3.53.